The van der Waals surface area contributed by atoms with Crippen LogP contribution >= 0.6 is 11.3 Å². The highest BCUT2D eigenvalue weighted by molar-refractivity contribution is 7.16. The molecule has 1 aromatic heterocycles. The first kappa shape index (κ1) is 18.9. The summed E-state index contributed by atoms with van der Waals surface area (Å²) >= 11 is 1.33. The van der Waals surface area contributed by atoms with Crippen molar-refractivity contribution in [3.05, 3.63) is 46.5 Å². The lowest BCUT2D eigenvalue weighted by Gasteiger charge is -1.99. The molecule has 0 atom stereocenters. The smallest absolute Gasteiger partial charge is 0.358 e. The largest absolute Gasteiger partial charge is 0.464 e. The van der Waals surface area contributed by atoms with E-state index >= 15 is 0 Å². The van der Waals surface area contributed by atoms with E-state index in [4.69, 9.17) is 9.47 Å². The van der Waals surface area contributed by atoms with Gasteiger partial charge in [0.1, 0.15) is 5.01 Å². The molecule has 2 rings (SSSR count). The summed E-state index contributed by atoms with van der Waals surface area (Å²) in [6.07, 6.45) is 4.65. The van der Waals surface area contributed by atoms with Gasteiger partial charge in [-0.2, -0.15) is 0 Å². The minimum atomic E-state index is -0.534. The molecule has 0 aliphatic rings. The third kappa shape index (κ3) is 5.26. The molecular weight excluding hydrogens is 338 g/mol. The first-order valence-corrected chi connectivity index (χ1v) is 8.87. The summed E-state index contributed by atoms with van der Waals surface area (Å²) in [5, 5.41) is 0.694. The molecule has 5 nitrogen and oxygen atoms in total. The predicted molar refractivity (Wildman–Crippen MR) is 98.5 cm³/mol. The number of thiazole rings is 1. The van der Waals surface area contributed by atoms with Crippen LogP contribution in [0, 0.1) is 6.92 Å². The SMILES string of the molecule is CCCCOC(=O)/C=C/c1sc(-c2ccc(C)cc2)nc1C(=O)OC. The lowest BCUT2D eigenvalue weighted by molar-refractivity contribution is -0.137. The molecule has 0 radical (unpaired) electrons. The van der Waals surface area contributed by atoms with Crippen molar-refractivity contribution in [3.8, 4) is 10.6 Å². The van der Waals surface area contributed by atoms with E-state index in [1.54, 1.807) is 6.08 Å². The Morgan fingerprint density at radius 1 is 1.24 bits per heavy atom. The van der Waals surface area contributed by atoms with E-state index in [2.05, 4.69) is 4.98 Å². The number of benzene rings is 1. The number of hydrogen-bond donors (Lipinski definition) is 0. The van der Waals surface area contributed by atoms with Crippen LogP contribution in [0.25, 0.3) is 16.6 Å². The van der Waals surface area contributed by atoms with Gasteiger partial charge in [-0.05, 0) is 19.4 Å². The van der Waals surface area contributed by atoms with Gasteiger partial charge in [-0.25, -0.2) is 14.6 Å². The fourth-order valence-corrected chi connectivity index (χ4v) is 2.98. The van der Waals surface area contributed by atoms with Crippen molar-refractivity contribution in [2.45, 2.75) is 26.7 Å². The zero-order chi connectivity index (χ0) is 18.2. The predicted octanol–water partition coefficient (Wildman–Crippen LogP) is 4.26. The van der Waals surface area contributed by atoms with Crippen LogP contribution in [0.15, 0.2) is 30.3 Å². The molecule has 0 fully saturated rings. The molecule has 132 valence electrons. The third-order valence-corrected chi connectivity index (χ3v) is 4.51. The van der Waals surface area contributed by atoms with Crippen molar-refractivity contribution in [2.24, 2.45) is 0 Å². The lowest BCUT2D eigenvalue weighted by Crippen LogP contribution is -2.04. The number of unbranched alkanes of at least 4 members (excludes halogenated alkanes) is 1. The summed E-state index contributed by atoms with van der Waals surface area (Å²) in [6.45, 7) is 4.42. The van der Waals surface area contributed by atoms with Crippen molar-refractivity contribution in [1.82, 2.24) is 4.98 Å². The average molecular weight is 359 g/mol. The van der Waals surface area contributed by atoms with Crippen molar-refractivity contribution >= 4 is 29.4 Å². The Labute approximate surface area is 151 Å². The van der Waals surface area contributed by atoms with E-state index in [9.17, 15) is 9.59 Å². The van der Waals surface area contributed by atoms with Crippen LogP contribution in [-0.2, 0) is 14.3 Å². The highest BCUT2D eigenvalue weighted by atomic mass is 32.1. The Morgan fingerprint density at radius 2 is 1.96 bits per heavy atom. The number of aromatic nitrogens is 1. The molecule has 6 heteroatoms. The molecule has 0 amide bonds. The average Bonchev–Trinajstić information content (AvgIpc) is 3.04. The molecule has 25 heavy (non-hydrogen) atoms. The van der Waals surface area contributed by atoms with Gasteiger partial charge in [-0.3, -0.25) is 0 Å². The van der Waals surface area contributed by atoms with E-state index in [-0.39, 0.29) is 5.69 Å². The van der Waals surface area contributed by atoms with Gasteiger partial charge in [0.2, 0.25) is 0 Å². The lowest BCUT2D eigenvalue weighted by atomic mass is 10.2. The van der Waals surface area contributed by atoms with E-state index in [0.717, 1.165) is 24.0 Å². The number of carbonyl (C=O) groups excluding carboxylic acids is 2. The normalized spacial score (nSPS) is 10.8. The molecule has 0 aliphatic carbocycles. The quantitative estimate of drug-likeness (QED) is 0.420. The topological polar surface area (TPSA) is 65.5 Å². The second-order valence-corrected chi connectivity index (χ2v) is 6.47. The Kier molecular flexibility index (Phi) is 6.89. The van der Waals surface area contributed by atoms with Gasteiger partial charge in [-0.15, -0.1) is 11.3 Å². The molecule has 0 saturated carbocycles. The minimum absolute atomic E-state index is 0.195. The van der Waals surface area contributed by atoms with Crippen molar-refractivity contribution < 1.29 is 19.1 Å². The second-order valence-electron chi connectivity index (χ2n) is 5.44. The van der Waals surface area contributed by atoms with Crippen LogP contribution in [0.1, 0.15) is 40.7 Å². The Balaban J connectivity index is 2.25. The number of aryl methyl sites for hydroxylation is 1. The maximum absolute atomic E-state index is 12.0. The molecule has 2 aromatic rings. The molecule has 0 saturated heterocycles. The number of rotatable bonds is 7. The first-order valence-electron chi connectivity index (χ1n) is 8.06. The number of ether oxygens (including phenoxy) is 2. The molecule has 0 spiro atoms. The van der Waals surface area contributed by atoms with Gasteiger partial charge in [-0.1, -0.05) is 43.2 Å². The van der Waals surface area contributed by atoms with Crippen molar-refractivity contribution in [1.29, 1.82) is 0 Å². The van der Waals surface area contributed by atoms with Gasteiger partial charge >= 0.3 is 11.9 Å². The highest BCUT2D eigenvalue weighted by Crippen LogP contribution is 2.29. The van der Waals surface area contributed by atoms with Gasteiger partial charge in [0.25, 0.3) is 0 Å². The van der Waals surface area contributed by atoms with Crippen LogP contribution in [0.5, 0.6) is 0 Å². The highest BCUT2D eigenvalue weighted by Gasteiger charge is 2.18. The van der Waals surface area contributed by atoms with Crippen LogP contribution in [-0.4, -0.2) is 30.6 Å². The maximum atomic E-state index is 12.0. The van der Waals surface area contributed by atoms with E-state index in [0.29, 0.717) is 16.5 Å². The zero-order valence-corrected chi connectivity index (χ0v) is 15.4. The summed E-state index contributed by atoms with van der Waals surface area (Å²) in [7, 11) is 1.31. The summed E-state index contributed by atoms with van der Waals surface area (Å²) in [4.78, 5) is 28.6. The molecule has 0 unspecified atom stereocenters. The van der Waals surface area contributed by atoms with Gasteiger partial charge < -0.3 is 9.47 Å². The monoisotopic (exact) mass is 359 g/mol. The fourth-order valence-electron chi connectivity index (χ4n) is 2.02. The van der Waals surface area contributed by atoms with Crippen molar-refractivity contribution in [3.63, 3.8) is 0 Å². The summed E-state index contributed by atoms with van der Waals surface area (Å²) < 4.78 is 9.86. The van der Waals surface area contributed by atoms with Gasteiger partial charge in [0, 0.05) is 11.6 Å². The molecule has 0 aliphatic heterocycles. The number of hydrogen-bond acceptors (Lipinski definition) is 6. The number of nitrogens with zero attached hydrogens (tertiary/aromatic N) is 1. The minimum Gasteiger partial charge on any atom is -0.464 e. The first-order chi connectivity index (χ1) is 12.0. The second kappa shape index (κ2) is 9.13. The van der Waals surface area contributed by atoms with Gasteiger partial charge in [0.15, 0.2) is 5.69 Å². The van der Waals surface area contributed by atoms with Crippen LogP contribution in [0.2, 0.25) is 0 Å². The fraction of sp³-hybridized carbons (Fsp3) is 0.316. The molecule has 0 bridgehead atoms. The zero-order valence-electron chi connectivity index (χ0n) is 14.6. The van der Waals surface area contributed by atoms with Crippen LogP contribution < -0.4 is 0 Å². The summed E-state index contributed by atoms with van der Waals surface area (Å²) in [5.41, 5.74) is 2.25. The molecule has 1 aromatic carbocycles. The third-order valence-electron chi connectivity index (χ3n) is 3.44. The molecule has 1 heterocycles. The Morgan fingerprint density at radius 3 is 2.60 bits per heavy atom. The summed E-state index contributed by atoms with van der Waals surface area (Å²) in [5.74, 6) is -0.969. The number of carbonyl (C=O) groups is 2. The molecule has 0 N–H and O–H groups in total. The Bertz CT molecular complexity index is 762. The Hall–Kier alpha value is -2.47. The molecular formula is C19H21NO4S. The maximum Gasteiger partial charge on any atom is 0.358 e. The van der Waals surface area contributed by atoms with Crippen LogP contribution in [0.3, 0.4) is 0 Å². The van der Waals surface area contributed by atoms with E-state index < -0.39 is 11.9 Å². The standard InChI is InChI=1S/C19H21NO4S/c1-4-5-12-24-16(21)11-10-15-17(19(22)23-3)20-18(25-15)14-8-6-13(2)7-9-14/h6-11H,4-5,12H2,1-3H3/b11-10+. The number of esters is 2. The van der Waals surface area contributed by atoms with Crippen LogP contribution in [0.4, 0.5) is 0 Å². The number of methoxy groups -OCH3 is 1. The summed E-state index contributed by atoms with van der Waals surface area (Å²) in [6, 6.07) is 7.85. The van der Waals surface area contributed by atoms with Gasteiger partial charge in [0.05, 0.1) is 18.6 Å². The van der Waals surface area contributed by atoms with E-state index in [1.165, 1.54) is 24.5 Å². The van der Waals surface area contributed by atoms with E-state index in [1.807, 2.05) is 38.1 Å². The van der Waals surface area contributed by atoms with Crippen molar-refractivity contribution in [2.75, 3.05) is 13.7 Å².